The highest BCUT2D eigenvalue weighted by atomic mass is 35.7. The lowest BCUT2D eigenvalue weighted by atomic mass is 10.1. The Balaban J connectivity index is 0.000000347. The molecule has 0 N–H and O–H groups in total. The minimum atomic E-state index is -4.94. The van der Waals surface area contributed by atoms with Crippen molar-refractivity contribution in [3.05, 3.63) is 39.9 Å². The number of hydrogen-bond acceptors (Lipinski definition) is 7. The van der Waals surface area contributed by atoms with Crippen LogP contribution >= 0.6 is 22.7 Å². The molecule has 0 unspecified atom stereocenters. The van der Waals surface area contributed by atoms with E-state index >= 15 is 0 Å². The number of halogens is 1. The molecule has 9 heteroatoms. The van der Waals surface area contributed by atoms with Gasteiger partial charge in [0.25, 0.3) is 0 Å². The average Bonchev–Trinajstić information content (AvgIpc) is 2.90. The predicted octanol–water partition coefficient (Wildman–Crippen LogP) is -1.21. The summed E-state index contributed by atoms with van der Waals surface area (Å²) >= 11 is 3.37. The molecule has 0 saturated carbocycles. The molecular formula is C11H9ClO6S2. The van der Waals surface area contributed by atoms with E-state index in [4.69, 9.17) is 18.6 Å². The molecule has 0 bridgehead atoms. The number of benzene rings is 1. The molecule has 0 aliphatic heterocycles. The Morgan fingerprint density at radius 1 is 1.20 bits per heavy atom. The van der Waals surface area contributed by atoms with Gasteiger partial charge >= 0.3 is 5.97 Å². The maximum atomic E-state index is 11.2. The van der Waals surface area contributed by atoms with Gasteiger partial charge < -0.3 is 4.74 Å². The van der Waals surface area contributed by atoms with E-state index in [1.165, 1.54) is 12.0 Å². The molecule has 0 fully saturated rings. The van der Waals surface area contributed by atoms with Crippen molar-refractivity contribution in [3.8, 4) is 10.4 Å². The van der Waals surface area contributed by atoms with Crippen molar-refractivity contribution in [2.45, 2.75) is 0 Å². The van der Waals surface area contributed by atoms with Crippen LogP contribution in [0, 0.1) is 10.2 Å². The van der Waals surface area contributed by atoms with Crippen LogP contribution in [-0.4, -0.2) is 13.1 Å². The van der Waals surface area contributed by atoms with Gasteiger partial charge in [-0.05, 0) is 12.1 Å². The maximum Gasteiger partial charge on any atom is 0.337 e. The molecule has 2 rings (SSSR count). The van der Waals surface area contributed by atoms with Crippen LogP contribution in [0.1, 0.15) is 10.4 Å². The van der Waals surface area contributed by atoms with Gasteiger partial charge in [0, 0.05) is 5.56 Å². The molecule has 0 atom stereocenters. The van der Waals surface area contributed by atoms with E-state index in [1.54, 1.807) is 34.8 Å². The summed E-state index contributed by atoms with van der Waals surface area (Å²) in [5.74, 6) is -0.296. The van der Waals surface area contributed by atoms with Crippen molar-refractivity contribution in [1.82, 2.24) is 0 Å². The zero-order valence-corrected chi connectivity index (χ0v) is 12.5. The lowest BCUT2D eigenvalue weighted by molar-refractivity contribution is -2.00. The van der Waals surface area contributed by atoms with Gasteiger partial charge in [-0.3, -0.25) is 0 Å². The molecule has 6 nitrogen and oxygen atoms in total. The number of rotatable bonds is 2. The maximum absolute atomic E-state index is 11.2. The first kappa shape index (κ1) is 16.9. The molecule has 1 aromatic heterocycles. The van der Waals surface area contributed by atoms with Crippen molar-refractivity contribution >= 4 is 28.6 Å². The smallest absolute Gasteiger partial charge is 0.337 e. The van der Waals surface area contributed by atoms with Crippen LogP contribution in [0.2, 0.25) is 0 Å². The third kappa shape index (κ3) is 6.35. The summed E-state index contributed by atoms with van der Waals surface area (Å²) in [6.45, 7) is 0. The van der Waals surface area contributed by atoms with E-state index in [-0.39, 0.29) is 5.97 Å². The van der Waals surface area contributed by atoms with E-state index in [2.05, 4.69) is 14.8 Å². The third-order valence-corrected chi connectivity index (χ3v) is 3.95. The van der Waals surface area contributed by atoms with Gasteiger partial charge in [0.15, 0.2) is 4.88 Å². The van der Waals surface area contributed by atoms with Gasteiger partial charge in [-0.2, -0.15) is 0 Å². The normalized spacial score (nSPS) is 10.4. The molecule has 1 aromatic carbocycles. The summed E-state index contributed by atoms with van der Waals surface area (Å²) in [7, 11) is -3.56. The van der Waals surface area contributed by atoms with Crippen molar-refractivity contribution in [2.75, 3.05) is 7.11 Å². The summed E-state index contributed by atoms with van der Waals surface area (Å²) in [5, 5.41) is 2.10. The van der Waals surface area contributed by atoms with Gasteiger partial charge in [0.2, 0.25) is 4.69 Å². The Kier molecular flexibility index (Phi) is 6.43. The van der Waals surface area contributed by atoms with Crippen LogP contribution in [-0.2, 0) is 4.74 Å². The largest absolute Gasteiger partial charge is 0.465 e. The second kappa shape index (κ2) is 7.60. The highest BCUT2D eigenvalue weighted by molar-refractivity contribution is 7.29. The summed E-state index contributed by atoms with van der Waals surface area (Å²) in [5.41, 5.74) is 1.72. The lowest BCUT2D eigenvalue weighted by Gasteiger charge is -2.17. The highest BCUT2D eigenvalue weighted by Crippen LogP contribution is 2.27. The number of carbonyl (C=O) groups excluding carboxylic acids is 1. The van der Waals surface area contributed by atoms with Crippen LogP contribution in [0.5, 0.6) is 0 Å². The zero-order chi connectivity index (χ0) is 15.2. The second-order valence-corrected chi connectivity index (χ2v) is 5.99. The van der Waals surface area contributed by atoms with Crippen LogP contribution < -0.4 is 18.6 Å². The van der Waals surface area contributed by atoms with Crippen LogP contribution in [0.4, 0.5) is 0 Å². The number of carbonyl (C=O) groups is 1. The van der Waals surface area contributed by atoms with Gasteiger partial charge in [-0.1, -0.05) is 12.1 Å². The molecular weight excluding hydrogens is 328 g/mol. The molecule has 2 aromatic rings. The van der Waals surface area contributed by atoms with Crippen molar-refractivity contribution in [2.24, 2.45) is 0 Å². The minimum absolute atomic E-state index is 0.296. The average molecular weight is 337 g/mol. The molecule has 1 heterocycles. The van der Waals surface area contributed by atoms with E-state index < -0.39 is 10.2 Å². The van der Waals surface area contributed by atoms with Crippen molar-refractivity contribution < 1.29 is 38.4 Å². The Bertz CT molecular complexity index is 529. The molecule has 20 heavy (non-hydrogen) atoms. The Hall–Kier alpha value is -1.13. The lowest BCUT2D eigenvalue weighted by Crippen LogP contribution is -2.68. The Labute approximate surface area is 124 Å². The summed E-state index contributed by atoms with van der Waals surface area (Å²) in [4.78, 5) is 12.4. The standard InChI is InChI=1S/C11H9O2S2.ClHO4/c1-13-11(12)9-4-2-8(3-5-9)10-6-14-7-15-10;2-1(3,4)5/h2-7H,1H3;(H,2,3,4,5)/q+1;/p-1. The summed E-state index contributed by atoms with van der Waals surface area (Å²) in [6, 6.07) is 7.44. The predicted molar refractivity (Wildman–Crippen MR) is 63.4 cm³/mol. The fourth-order valence-electron chi connectivity index (χ4n) is 1.22. The molecule has 0 saturated heterocycles. The zero-order valence-electron chi connectivity index (χ0n) is 10.1. The monoisotopic (exact) mass is 336 g/mol. The number of hydrogen-bond donors (Lipinski definition) is 0. The first-order valence-corrected chi connectivity index (χ1v) is 8.01. The van der Waals surface area contributed by atoms with Crippen molar-refractivity contribution in [3.63, 3.8) is 0 Å². The quantitative estimate of drug-likeness (QED) is 0.501. The minimum Gasteiger partial charge on any atom is -0.465 e. The summed E-state index contributed by atoms with van der Waals surface area (Å²) < 4.78 is 40.7. The third-order valence-electron chi connectivity index (χ3n) is 2.00. The molecule has 0 amide bonds. The van der Waals surface area contributed by atoms with E-state index in [9.17, 15) is 4.79 Å². The molecule has 0 spiro atoms. The first-order valence-electron chi connectivity index (χ1n) is 4.95. The van der Waals surface area contributed by atoms with E-state index in [0.29, 0.717) is 5.56 Å². The van der Waals surface area contributed by atoms with Gasteiger partial charge in [-0.25, -0.2) is 23.4 Å². The highest BCUT2D eigenvalue weighted by Gasteiger charge is 2.09. The number of esters is 1. The number of ether oxygens (including phenoxy) is 1. The fraction of sp³-hybridized carbons (Fsp3) is 0.0909. The van der Waals surface area contributed by atoms with E-state index in [1.807, 2.05) is 12.1 Å². The summed E-state index contributed by atoms with van der Waals surface area (Å²) in [6.07, 6.45) is 0. The Morgan fingerprint density at radius 2 is 1.75 bits per heavy atom. The van der Waals surface area contributed by atoms with Gasteiger partial charge in [-0.15, -0.1) is 10.2 Å². The van der Waals surface area contributed by atoms with Crippen LogP contribution in [0.3, 0.4) is 0 Å². The molecule has 0 aliphatic carbocycles. The second-order valence-electron chi connectivity index (χ2n) is 3.28. The topological polar surface area (TPSA) is 119 Å². The fourth-order valence-corrected chi connectivity index (χ4v) is 3.00. The number of methoxy groups -OCH3 is 1. The molecule has 0 aliphatic rings. The van der Waals surface area contributed by atoms with E-state index in [0.717, 1.165) is 5.56 Å². The van der Waals surface area contributed by atoms with Crippen LogP contribution in [0.15, 0.2) is 34.3 Å². The van der Waals surface area contributed by atoms with Gasteiger partial charge in [0.05, 0.1) is 35.3 Å². The molecule has 108 valence electrons. The van der Waals surface area contributed by atoms with Gasteiger partial charge in [0.1, 0.15) is 5.38 Å². The first-order chi connectivity index (χ1) is 9.31. The Morgan fingerprint density at radius 3 is 2.15 bits per heavy atom. The van der Waals surface area contributed by atoms with Crippen molar-refractivity contribution in [1.29, 1.82) is 0 Å². The molecule has 0 radical (unpaired) electrons. The van der Waals surface area contributed by atoms with Crippen LogP contribution in [0.25, 0.3) is 10.4 Å². The SMILES string of the molecule is COC(=O)c1ccc(-c2c[s+]cs2)cc1.[O-][Cl+3]([O-])([O-])[O-].